The molecule has 0 spiro atoms. The number of aliphatic carboxylic acids is 1. The van der Waals surface area contributed by atoms with Gasteiger partial charge in [-0.1, -0.05) is 30.3 Å². The fourth-order valence-electron chi connectivity index (χ4n) is 3.03. The summed E-state index contributed by atoms with van der Waals surface area (Å²) < 4.78 is 15.5. The summed E-state index contributed by atoms with van der Waals surface area (Å²) in [5.74, 6) is -0.944. The minimum absolute atomic E-state index is 0.0389. The van der Waals surface area contributed by atoms with Crippen LogP contribution in [-0.4, -0.2) is 30.8 Å². The van der Waals surface area contributed by atoms with Gasteiger partial charge in [-0.15, -0.1) is 0 Å². The average Bonchev–Trinajstić information content (AvgIpc) is 3.21. The zero-order chi connectivity index (χ0) is 20.1. The summed E-state index contributed by atoms with van der Waals surface area (Å²) in [5.41, 5.74) is 1.90. The number of allylic oxidation sites excluding steroid dienone is 1. The van der Waals surface area contributed by atoms with E-state index in [0.717, 1.165) is 11.1 Å². The van der Waals surface area contributed by atoms with Crippen molar-refractivity contribution >= 4 is 11.8 Å². The fourth-order valence-corrected chi connectivity index (χ4v) is 3.03. The number of hydrogen-bond acceptors (Lipinski definition) is 5. The van der Waals surface area contributed by atoms with E-state index in [1.807, 2.05) is 37.3 Å². The van der Waals surface area contributed by atoms with Gasteiger partial charge in [-0.2, -0.15) is 0 Å². The van der Waals surface area contributed by atoms with E-state index in [1.165, 1.54) is 6.26 Å². The Morgan fingerprint density at radius 3 is 2.46 bits per heavy atom. The van der Waals surface area contributed by atoms with E-state index in [0.29, 0.717) is 11.3 Å². The SMILES string of the molecule is COc1ccc(C(=O)C(Cc2ccccc2)=C(C(=O)O)C2=COCO2)cc1C. The number of benzene rings is 2. The van der Waals surface area contributed by atoms with Crippen molar-refractivity contribution < 1.29 is 28.9 Å². The number of rotatable bonds is 7. The zero-order valence-electron chi connectivity index (χ0n) is 15.6. The van der Waals surface area contributed by atoms with Crippen molar-refractivity contribution in [3.63, 3.8) is 0 Å². The van der Waals surface area contributed by atoms with Gasteiger partial charge < -0.3 is 19.3 Å². The molecule has 0 bridgehead atoms. The van der Waals surface area contributed by atoms with Gasteiger partial charge in [-0.05, 0) is 36.2 Å². The molecule has 0 amide bonds. The first-order chi connectivity index (χ1) is 13.5. The molecule has 0 atom stereocenters. The molecule has 28 heavy (non-hydrogen) atoms. The number of carboxylic acid groups (broad SMARTS) is 1. The second kappa shape index (κ2) is 8.43. The van der Waals surface area contributed by atoms with E-state index in [4.69, 9.17) is 14.2 Å². The summed E-state index contributed by atoms with van der Waals surface area (Å²) in [7, 11) is 1.55. The van der Waals surface area contributed by atoms with E-state index >= 15 is 0 Å². The second-order valence-electron chi connectivity index (χ2n) is 6.25. The van der Waals surface area contributed by atoms with Crippen LogP contribution in [0.25, 0.3) is 0 Å². The number of aryl methyl sites for hydroxylation is 1. The molecule has 1 N–H and O–H groups in total. The van der Waals surface area contributed by atoms with Crippen molar-refractivity contribution in [2.24, 2.45) is 0 Å². The molecule has 1 aliphatic heterocycles. The van der Waals surface area contributed by atoms with Gasteiger partial charge in [-0.3, -0.25) is 4.79 Å². The first-order valence-electron chi connectivity index (χ1n) is 8.66. The molecule has 0 saturated carbocycles. The number of carbonyl (C=O) groups is 2. The number of hydrogen-bond donors (Lipinski definition) is 1. The van der Waals surface area contributed by atoms with E-state index < -0.39 is 5.97 Å². The van der Waals surface area contributed by atoms with Crippen LogP contribution in [0.2, 0.25) is 0 Å². The lowest BCUT2D eigenvalue weighted by atomic mass is 9.91. The Bertz CT molecular complexity index is 956. The molecule has 6 nitrogen and oxygen atoms in total. The van der Waals surface area contributed by atoms with Crippen molar-refractivity contribution in [3.05, 3.63) is 88.4 Å². The topological polar surface area (TPSA) is 82.1 Å². The van der Waals surface area contributed by atoms with Crippen LogP contribution in [0, 0.1) is 6.92 Å². The quantitative estimate of drug-likeness (QED) is 0.583. The molecule has 0 aromatic heterocycles. The second-order valence-corrected chi connectivity index (χ2v) is 6.25. The Balaban J connectivity index is 2.12. The van der Waals surface area contributed by atoms with Crippen molar-refractivity contribution in [1.29, 1.82) is 0 Å². The number of methoxy groups -OCH3 is 1. The number of carbonyl (C=O) groups excluding carboxylic acids is 1. The molecule has 2 aromatic rings. The van der Waals surface area contributed by atoms with Gasteiger partial charge in [0, 0.05) is 17.6 Å². The standard InChI is InChI=1S/C22H20O6/c1-14-10-16(8-9-18(14)26-2)21(23)17(11-15-6-4-3-5-7-15)20(22(24)25)19-12-27-13-28-19/h3-10,12H,11,13H2,1-2H3,(H,24,25). The maximum Gasteiger partial charge on any atom is 0.340 e. The van der Waals surface area contributed by atoms with Crippen LogP contribution in [-0.2, 0) is 20.7 Å². The highest BCUT2D eigenvalue weighted by Gasteiger charge is 2.28. The third-order valence-corrected chi connectivity index (χ3v) is 4.39. The minimum Gasteiger partial charge on any atom is -0.496 e. The number of ether oxygens (including phenoxy) is 3. The molecule has 6 heteroatoms. The monoisotopic (exact) mass is 380 g/mol. The lowest BCUT2D eigenvalue weighted by Gasteiger charge is -2.13. The highest BCUT2D eigenvalue weighted by atomic mass is 16.7. The molecule has 2 aromatic carbocycles. The smallest absolute Gasteiger partial charge is 0.340 e. The zero-order valence-corrected chi connectivity index (χ0v) is 15.6. The average molecular weight is 380 g/mol. The largest absolute Gasteiger partial charge is 0.496 e. The summed E-state index contributed by atoms with van der Waals surface area (Å²) >= 11 is 0. The first-order valence-corrected chi connectivity index (χ1v) is 8.66. The number of Topliss-reactive ketones (excluding diaryl/α,β-unsaturated/α-hetero) is 1. The van der Waals surface area contributed by atoms with E-state index in [1.54, 1.807) is 25.3 Å². The predicted octanol–water partition coefficient (Wildman–Crippen LogP) is 3.66. The summed E-state index contributed by atoms with van der Waals surface area (Å²) in [6.07, 6.45) is 1.37. The van der Waals surface area contributed by atoms with Crippen molar-refractivity contribution in [2.75, 3.05) is 13.9 Å². The van der Waals surface area contributed by atoms with Crippen LogP contribution in [0.5, 0.6) is 5.75 Å². The maximum absolute atomic E-state index is 13.3. The van der Waals surface area contributed by atoms with Crippen LogP contribution in [0.15, 0.2) is 71.7 Å². The third kappa shape index (κ3) is 4.06. The molecule has 0 unspecified atom stereocenters. The van der Waals surface area contributed by atoms with Crippen LogP contribution in [0.3, 0.4) is 0 Å². The fraction of sp³-hybridized carbons (Fsp3) is 0.182. The van der Waals surface area contributed by atoms with Crippen molar-refractivity contribution in [3.8, 4) is 5.75 Å². The number of ketones is 1. The van der Waals surface area contributed by atoms with Gasteiger partial charge in [0.1, 0.15) is 17.6 Å². The summed E-state index contributed by atoms with van der Waals surface area (Å²) in [5, 5.41) is 9.81. The van der Waals surface area contributed by atoms with Crippen LogP contribution in [0.1, 0.15) is 21.5 Å². The maximum atomic E-state index is 13.3. The highest BCUT2D eigenvalue weighted by Crippen LogP contribution is 2.27. The van der Waals surface area contributed by atoms with E-state index in [2.05, 4.69) is 0 Å². The third-order valence-electron chi connectivity index (χ3n) is 4.39. The molecular weight excluding hydrogens is 360 g/mol. The van der Waals surface area contributed by atoms with E-state index in [-0.39, 0.29) is 35.9 Å². The predicted molar refractivity (Wildman–Crippen MR) is 102 cm³/mol. The van der Waals surface area contributed by atoms with Crippen LogP contribution < -0.4 is 4.74 Å². The molecule has 0 fully saturated rings. The highest BCUT2D eigenvalue weighted by molar-refractivity contribution is 6.14. The van der Waals surface area contributed by atoms with Crippen molar-refractivity contribution in [2.45, 2.75) is 13.3 Å². The van der Waals surface area contributed by atoms with Crippen LogP contribution in [0.4, 0.5) is 0 Å². The van der Waals surface area contributed by atoms with Gasteiger partial charge in [-0.25, -0.2) is 4.79 Å². The van der Waals surface area contributed by atoms with E-state index in [9.17, 15) is 14.7 Å². The Morgan fingerprint density at radius 1 is 1.14 bits per heavy atom. The van der Waals surface area contributed by atoms with Gasteiger partial charge in [0.05, 0.1) is 7.11 Å². The minimum atomic E-state index is -1.25. The molecular formula is C22H20O6. The summed E-state index contributed by atoms with van der Waals surface area (Å²) in [4.78, 5) is 25.3. The lowest BCUT2D eigenvalue weighted by Crippen LogP contribution is -2.16. The molecule has 0 aliphatic carbocycles. The van der Waals surface area contributed by atoms with Gasteiger partial charge in [0.25, 0.3) is 0 Å². The Morgan fingerprint density at radius 2 is 1.89 bits per heavy atom. The normalized spacial score (nSPS) is 13.7. The van der Waals surface area contributed by atoms with Gasteiger partial charge >= 0.3 is 5.97 Å². The summed E-state index contributed by atoms with van der Waals surface area (Å²) in [6.45, 7) is 1.74. The Kier molecular flexibility index (Phi) is 5.79. The first kappa shape index (κ1) is 19.2. The van der Waals surface area contributed by atoms with Gasteiger partial charge in [0.15, 0.2) is 11.5 Å². The lowest BCUT2D eigenvalue weighted by molar-refractivity contribution is -0.132. The molecule has 0 saturated heterocycles. The van der Waals surface area contributed by atoms with Gasteiger partial charge in [0.2, 0.25) is 6.79 Å². The Hall–Kier alpha value is -3.54. The summed E-state index contributed by atoms with van der Waals surface area (Å²) in [6, 6.07) is 14.2. The molecule has 1 heterocycles. The molecule has 3 rings (SSSR count). The molecule has 0 radical (unpaired) electrons. The number of carboxylic acids is 1. The Labute approximate surface area is 162 Å². The molecule has 144 valence electrons. The van der Waals surface area contributed by atoms with Crippen LogP contribution >= 0.6 is 0 Å². The van der Waals surface area contributed by atoms with Crippen molar-refractivity contribution in [1.82, 2.24) is 0 Å². The molecule has 1 aliphatic rings.